The summed E-state index contributed by atoms with van der Waals surface area (Å²) in [5.74, 6) is 0.414. The van der Waals surface area contributed by atoms with Gasteiger partial charge in [0.1, 0.15) is 0 Å². The first-order valence-electron chi connectivity index (χ1n) is 5.57. The molecule has 4 N–H and O–H groups in total. The summed E-state index contributed by atoms with van der Waals surface area (Å²) in [6, 6.07) is 0. The van der Waals surface area contributed by atoms with Crippen LogP contribution in [0.15, 0.2) is 0 Å². The van der Waals surface area contributed by atoms with Crippen LogP contribution in [-0.4, -0.2) is 33.2 Å². The van der Waals surface area contributed by atoms with Crippen molar-refractivity contribution in [2.45, 2.75) is 26.7 Å². The van der Waals surface area contributed by atoms with Gasteiger partial charge in [-0.15, -0.1) is 0 Å². The van der Waals surface area contributed by atoms with E-state index in [-0.39, 0.29) is 23.3 Å². The highest BCUT2D eigenvalue weighted by molar-refractivity contribution is 6.28. The number of aliphatic hydroxyl groups excluding tert-OH is 1. The Morgan fingerprint density at radius 2 is 1.94 bits per heavy atom. The fraction of sp³-hybridized carbons (Fsp3) is 0.700. The van der Waals surface area contributed by atoms with Crippen LogP contribution in [0.5, 0.6) is 0 Å². The molecule has 7 heteroatoms. The molecule has 0 aliphatic heterocycles. The van der Waals surface area contributed by atoms with Crippen molar-refractivity contribution in [3.63, 3.8) is 0 Å². The molecule has 0 unspecified atom stereocenters. The van der Waals surface area contributed by atoms with Crippen LogP contribution in [0.1, 0.15) is 26.7 Å². The van der Waals surface area contributed by atoms with Crippen molar-refractivity contribution in [2.24, 2.45) is 5.41 Å². The van der Waals surface area contributed by atoms with Crippen LogP contribution < -0.4 is 11.1 Å². The average Bonchev–Trinajstić information content (AvgIpc) is 2.30. The number of hydrogen-bond donors (Lipinski definition) is 3. The van der Waals surface area contributed by atoms with Gasteiger partial charge in [-0.2, -0.15) is 15.0 Å². The fourth-order valence-electron chi connectivity index (χ4n) is 1.49. The summed E-state index contributed by atoms with van der Waals surface area (Å²) in [6.45, 7) is 4.75. The van der Waals surface area contributed by atoms with E-state index in [1.165, 1.54) is 0 Å². The lowest BCUT2D eigenvalue weighted by Crippen LogP contribution is -2.32. The van der Waals surface area contributed by atoms with E-state index in [9.17, 15) is 5.11 Å². The number of nitrogens with two attached hydrogens (primary N) is 1. The Bertz CT molecular complexity index is 341. The zero-order valence-corrected chi connectivity index (χ0v) is 10.8. The van der Waals surface area contributed by atoms with Gasteiger partial charge < -0.3 is 16.2 Å². The number of rotatable bonds is 6. The lowest BCUT2D eigenvalue weighted by molar-refractivity contribution is 0.127. The predicted molar refractivity (Wildman–Crippen MR) is 67.8 cm³/mol. The van der Waals surface area contributed by atoms with Gasteiger partial charge in [0, 0.05) is 12.0 Å². The Kier molecular flexibility index (Phi) is 4.89. The van der Waals surface area contributed by atoms with Crippen molar-refractivity contribution in [1.29, 1.82) is 0 Å². The van der Waals surface area contributed by atoms with E-state index in [1.807, 2.05) is 13.8 Å². The molecule has 0 atom stereocenters. The second-order valence-electron chi connectivity index (χ2n) is 4.01. The minimum absolute atomic E-state index is 0.0580. The SMILES string of the molecule is CCC(CC)(CO)CNc1nc(N)nc(Cl)n1. The average molecular weight is 260 g/mol. The van der Waals surface area contributed by atoms with Crippen molar-refractivity contribution in [3.05, 3.63) is 5.28 Å². The Balaban J connectivity index is 2.71. The van der Waals surface area contributed by atoms with E-state index in [1.54, 1.807) is 0 Å². The standard InChI is InChI=1S/C10H18ClN5O/c1-3-10(4-2,6-17)5-13-9-15-7(11)14-8(12)16-9/h17H,3-6H2,1-2H3,(H3,12,13,14,15,16). The third-order valence-electron chi connectivity index (χ3n) is 3.08. The van der Waals surface area contributed by atoms with Crippen LogP contribution in [-0.2, 0) is 0 Å². The number of nitrogen functional groups attached to an aromatic ring is 1. The highest BCUT2D eigenvalue weighted by Gasteiger charge is 2.25. The monoisotopic (exact) mass is 259 g/mol. The van der Waals surface area contributed by atoms with E-state index < -0.39 is 0 Å². The highest BCUT2D eigenvalue weighted by Crippen LogP contribution is 2.25. The molecule has 17 heavy (non-hydrogen) atoms. The molecule has 0 amide bonds. The van der Waals surface area contributed by atoms with Gasteiger partial charge in [0.15, 0.2) is 0 Å². The maximum absolute atomic E-state index is 9.42. The Labute approximate surface area is 106 Å². The van der Waals surface area contributed by atoms with Gasteiger partial charge in [-0.05, 0) is 24.4 Å². The Morgan fingerprint density at radius 3 is 2.41 bits per heavy atom. The van der Waals surface area contributed by atoms with E-state index in [4.69, 9.17) is 17.3 Å². The van der Waals surface area contributed by atoms with Gasteiger partial charge in [-0.25, -0.2) is 0 Å². The number of halogens is 1. The first-order chi connectivity index (χ1) is 8.05. The molecule has 6 nitrogen and oxygen atoms in total. The van der Waals surface area contributed by atoms with Crippen LogP contribution in [0.3, 0.4) is 0 Å². The zero-order valence-electron chi connectivity index (χ0n) is 10.1. The molecule has 0 bridgehead atoms. The summed E-state index contributed by atoms with van der Waals surface area (Å²) >= 11 is 5.67. The highest BCUT2D eigenvalue weighted by atomic mass is 35.5. The minimum Gasteiger partial charge on any atom is -0.396 e. The normalized spacial score (nSPS) is 11.5. The van der Waals surface area contributed by atoms with E-state index in [2.05, 4.69) is 20.3 Å². The second-order valence-corrected chi connectivity index (χ2v) is 4.34. The van der Waals surface area contributed by atoms with E-state index >= 15 is 0 Å². The van der Waals surface area contributed by atoms with E-state index in [0.717, 1.165) is 12.8 Å². The first-order valence-corrected chi connectivity index (χ1v) is 5.95. The molecular formula is C10H18ClN5O. The molecule has 1 aromatic rings. The molecule has 0 aliphatic rings. The van der Waals surface area contributed by atoms with Crippen LogP contribution in [0.2, 0.25) is 5.28 Å². The number of aromatic nitrogens is 3. The summed E-state index contributed by atoms with van der Waals surface area (Å²) in [4.78, 5) is 11.5. The fourth-order valence-corrected chi connectivity index (χ4v) is 1.66. The smallest absolute Gasteiger partial charge is 0.228 e. The molecule has 1 aromatic heterocycles. The quantitative estimate of drug-likeness (QED) is 0.713. The van der Waals surface area contributed by atoms with Crippen molar-refractivity contribution in [2.75, 3.05) is 24.2 Å². The number of nitrogens with one attached hydrogen (secondary N) is 1. The number of hydrogen-bond acceptors (Lipinski definition) is 6. The van der Waals surface area contributed by atoms with Crippen LogP contribution in [0.4, 0.5) is 11.9 Å². The van der Waals surface area contributed by atoms with Crippen LogP contribution >= 0.6 is 11.6 Å². The summed E-state index contributed by atoms with van der Waals surface area (Å²) in [5.41, 5.74) is 5.29. The van der Waals surface area contributed by atoms with Crippen molar-refractivity contribution in [3.8, 4) is 0 Å². The second kappa shape index (κ2) is 5.97. The summed E-state index contributed by atoms with van der Waals surface area (Å²) < 4.78 is 0. The van der Waals surface area contributed by atoms with Gasteiger partial charge in [0.25, 0.3) is 0 Å². The Hall–Kier alpha value is -1.14. The van der Waals surface area contributed by atoms with Crippen molar-refractivity contribution in [1.82, 2.24) is 15.0 Å². The molecule has 0 radical (unpaired) electrons. The maximum Gasteiger partial charge on any atom is 0.228 e. The first kappa shape index (κ1) is 13.9. The Morgan fingerprint density at radius 1 is 1.29 bits per heavy atom. The topological polar surface area (TPSA) is 97.0 Å². The molecular weight excluding hydrogens is 242 g/mol. The van der Waals surface area contributed by atoms with Crippen molar-refractivity contribution < 1.29 is 5.11 Å². The van der Waals surface area contributed by atoms with Crippen LogP contribution in [0.25, 0.3) is 0 Å². The van der Waals surface area contributed by atoms with Gasteiger partial charge in [-0.3, -0.25) is 0 Å². The number of aliphatic hydroxyl groups is 1. The number of anilines is 2. The van der Waals surface area contributed by atoms with Crippen molar-refractivity contribution >= 4 is 23.5 Å². The zero-order chi connectivity index (χ0) is 12.9. The maximum atomic E-state index is 9.42. The van der Waals surface area contributed by atoms with Gasteiger partial charge in [-0.1, -0.05) is 13.8 Å². The summed E-state index contributed by atoms with van der Waals surface area (Å²) in [5, 5.41) is 12.5. The molecule has 0 saturated heterocycles. The third kappa shape index (κ3) is 3.67. The lowest BCUT2D eigenvalue weighted by Gasteiger charge is -2.29. The van der Waals surface area contributed by atoms with Crippen LogP contribution in [0, 0.1) is 5.41 Å². The molecule has 0 aliphatic carbocycles. The molecule has 1 rings (SSSR count). The minimum atomic E-state index is -0.173. The molecule has 0 saturated carbocycles. The predicted octanol–water partition coefficient (Wildman–Crippen LogP) is 1.32. The lowest BCUT2D eigenvalue weighted by atomic mass is 9.83. The molecule has 0 spiro atoms. The third-order valence-corrected chi connectivity index (χ3v) is 3.25. The van der Waals surface area contributed by atoms with Gasteiger partial charge >= 0.3 is 0 Å². The molecule has 1 heterocycles. The summed E-state index contributed by atoms with van der Waals surface area (Å²) in [7, 11) is 0. The largest absolute Gasteiger partial charge is 0.396 e. The molecule has 0 aromatic carbocycles. The molecule has 96 valence electrons. The van der Waals surface area contributed by atoms with Gasteiger partial charge in [0.2, 0.25) is 17.2 Å². The van der Waals surface area contributed by atoms with E-state index in [0.29, 0.717) is 12.5 Å². The number of nitrogens with zero attached hydrogens (tertiary/aromatic N) is 3. The van der Waals surface area contributed by atoms with Gasteiger partial charge in [0.05, 0.1) is 6.61 Å². The summed E-state index contributed by atoms with van der Waals surface area (Å²) in [6.07, 6.45) is 1.72. The molecule has 0 fully saturated rings.